The van der Waals surface area contributed by atoms with Crippen LogP contribution in [0.3, 0.4) is 0 Å². The molecule has 1 unspecified atom stereocenters. The van der Waals surface area contributed by atoms with E-state index in [-0.39, 0.29) is 35.3 Å². The van der Waals surface area contributed by atoms with Crippen LogP contribution >= 0.6 is 23.5 Å². The zero-order chi connectivity index (χ0) is 26.8. The Balaban J connectivity index is 1.66. The second-order valence-corrected chi connectivity index (χ2v) is 11.7. The summed E-state index contributed by atoms with van der Waals surface area (Å²) in [5.74, 6) is -7.61. The fourth-order valence-electron chi connectivity index (χ4n) is 3.32. The van der Waals surface area contributed by atoms with Crippen molar-refractivity contribution in [2.75, 3.05) is 23.0 Å². The molecule has 0 aliphatic carbocycles. The molecule has 3 heterocycles. The normalized spacial score (nSPS) is 20.1. The van der Waals surface area contributed by atoms with Crippen LogP contribution in [0.5, 0.6) is 0 Å². The SMILES string of the molecule is NC(=O)CCn1nnnc1SCC1=C(C(=O)O)N2C(=O)C(NC(=O)CS(=O)(=O)CC(F)(F)F)[C@H]2SC1. The first-order valence-corrected chi connectivity index (χ1v) is 13.7. The highest BCUT2D eigenvalue weighted by Crippen LogP contribution is 2.41. The fourth-order valence-corrected chi connectivity index (χ4v) is 6.79. The average Bonchev–Trinajstić information content (AvgIpc) is 3.18. The number of nitrogens with one attached hydrogen (secondary N) is 1. The van der Waals surface area contributed by atoms with Crippen LogP contribution in [-0.4, -0.2) is 103 Å². The van der Waals surface area contributed by atoms with Crippen LogP contribution in [0.4, 0.5) is 13.2 Å². The number of primary amides is 1. The molecule has 1 aromatic rings. The minimum absolute atomic E-state index is 0.0217. The van der Waals surface area contributed by atoms with Gasteiger partial charge in [-0.1, -0.05) is 11.8 Å². The van der Waals surface area contributed by atoms with Crippen LogP contribution in [0.2, 0.25) is 0 Å². The number of sulfone groups is 1. The summed E-state index contributed by atoms with van der Waals surface area (Å²) in [7, 11) is -4.81. The van der Waals surface area contributed by atoms with Crippen molar-refractivity contribution in [3.05, 3.63) is 11.3 Å². The van der Waals surface area contributed by atoms with Gasteiger partial charge < -0.3 is 16.2 Å². The Morgan fingerprint density at radius 3 is 2.61 bits per heavy atom. The molecule has 1 saturated heterocycles. The first kappa shape index (κ1) is 27.7. The Labute approximate surface area is 209 Å². The Morgan fingerprint density at radius 2 is 2.00 bits per heavy atom. The molecule has 0 spiro atoms. The quantitative estimate of drug-likeness (QED) is 0.201. The first-order valence-electron chi connectivity index (χ1n) is 9.82. The molecule has 198 valence electrons. The van der Waals surface area contributed by atoms with Crippen LogP contribution in [-0.2, 0) is 35.6 Å². The van der Waals surface area contributed by atoms with E-state index in [1.165, 1.54) is 4.68 Å². The monoisotopic (exact) mass is 573 g/mol. The maximum atomic E-state index is 12.6. The van der Waals surface area contributed by atoms with E-state index in [0.29, 0.717) is 5.57 Å². The number of hydrogen-bond donors (Lipinski definition) is 3. The van der Waals surface area contributed by atoms with Crippen molar-refractivity contribution in [3.63, 3.8) is 0 Å². The number of hydrogen-bond acceptors (Lipinski definition) is 11. The number of amides is 3. The summed E-state index contributed by atoms with van der Waals surface area (Å²) >= 11 is 2.14. The lowest BCUT2D eigenvalue weighted by Gasteiger charge is -2.49. The van der Waals surface area contributed by atoms with Gasteiger partial charge in [0.05, 0.1) is 6.54 Å². The number of β-lactam (4-membered cyclic amide) rings is 1. The standard InChI is InChI=1S/C16H18F3N7O7S3/c17-16(18,19)6-36(32,33)5-9(28)21-10-12(29)26-11(14(30)31)7(3-34-13(10)26)4-35-15-22-23-24-25(15)2-1-8(20)27/h10,13H,1-6H2,(H2,20,27)(H,21,28)(H,30,31)/t10?,13-/m1/s1. The van der Waals surface area contributed by atoms with Crippen LogP contribution in [0.15, 0.2) is 16.4 Å². The van der Waals surface area contributed by atoms with Gasteiger partial charge in [0.2, 0.25) is 17.0 Å². The summed E-state index contributed by atoms with van der Waals surface area (Å²) in [5, 5.41) is 22.2. The third kappa shape index (κ3) is 6.66. The molecule has 2 atom stereocenters. The predicted octanol–water partition coefficient (Wildman–Crippen LogP) is -1.64. The van der Waals surface area contributed by atoms with E-state index in [2.05, 4.69) is 20.8 Å². The van der Waals surface area contributed by atoms with Crippen molar-refractivity contribution in [1.82, 2.24) is 30.4 Å². The summed E-state index contributed by atoms with van der Waals surface area (Å²) in [6.45, 7) is 0.108. The summed E-state index contributed by atoms with van der Waals surface area (Å²) in [4.78, 5) is 48.4. The third-order valence-electron chi connectivity index (χ3n) is 4.75. The number of aliphatic carboxylic acids is 1. The zero-order valence-electron chi connectivity index (χ0n) is 18.0. The third-order valence-corrected chi connectivity index (χ3v) is 8.60. The molecule has 2 aliphatic rings. The molecule has 2 aliphatic heterocycles. The van der Waals surface area contributed by atoms with Crippen LogP contribution < -0.4 is 11.1 Å². The highest BCUT2D eigenvalue weighted by molar-refractivity contribution is 8.01. The summed E-state index contributed by atoms with van der Waals surface area (Å²) in [5.41, 5.74) is 5.11. The molecule has 0 aromatic carbocycles. The van der Waals surface area contributed by atoms with Gasteiger partial charge in [-0.25, -0.2) is 17.9 Å². The van der Waals surface area contributed by atoms with E-state index in [1.54, 1.807) is 0 Å². The molecule has 0 saturated carbocycles. The molecule has 1 fully saturated rings. The second-order valence-electron chi connectivity index (χ2n) is 7.55. The van der Waals surface area contributed by atoms with Gasteiger partial charge in [-0.15, -0.1) is 16.9 Å². The number of nitrogens with zero attached hydrogens (tertiary/aromatic N) is 5. The number of carboxylic acids is 1. The van der Waals surface area contributed by atoms with Gasteiger partial charge in [0.15, 0.2) is 9.84 Å². The minimum atomic E-state index is -5.03. The summed E-state index contributed by atoms with van der Waals surface area (Å²) in [6.07, 6.45) is -5.05. The highest BCUT2D eigenvalue weighted by Gasteiger charge is 2.54. The van der Waals surface area contributed by atoms with Crippen molar-refractivity contribution in [1.29, 1.82) is 0 Å². The van der Waals surface area contributed by atoms with Gasteiger partial charge in [0, 0.05) is 17.9 Å². The number of carbonyl (C=O) groups excluding carboxylic acids is 3. The number of carbonyl (C=O) groups is 4. The van der Waals surface area contributed by atoms with E-state index in [1.807, 2.05) is 0 Å². The molecule has 0 bridgehead atoms. The zero-order valence-corrected chi connectivity index (χ0v) is 20.4. The fraction of sp³-hybridized carbons (Fsp3) is 0.562. The van der Waals surface area contributed by atoms with Crippen LogP contribution in [0.25, 0.3) is 0 Å². The Hall–Kier alpha value is -2.87. The summed E-state index contributed by atoms with van der Waals surface area (Å²) < 4.78 is 61.5. The molecule has 3 rings (SSSR count). The molecular formula is C16H18F3N7O7S3. The number of tetrazole rings is 1. The number of thioether (sulfide) groups is 2. The van der Waals surface area contributed by atoms with Gasteiger partial charge in [0.25, 0.3) is 5.91 Å². The highest BCUT2D eigenvalue weighted by atomic mass is 32.2. The Kier molecular flexibility index (Phi) is 8.18. The molecule has 36 heavy (non-hydrogen) atoms. The second kappa shape index (κ2) is 10.6. The number of carboxylic acid groups (broad SMARTS) is 1. The van der Waals surface area contributed by atoms with Crippen LogP contribution in [0.1, 0.15) is 6.42 Å². The van der Waals surface area contributed by atoms with Crippen molar-refractivity contribution in [2.45, 2.75) is 35.7 Å². The number of nitrogens with two attached hydrogens (primary N) is 1. The molecule has 14 nitrogen and oxygen atoms in total. The largest absolute Gasteiger partial charge is 0.477 e. The van der Waals surface area contributed by atoms with Gasteiger partial charge in [-0.05, 0) is 16.0 Å². The van der Waals surface area contributed by atoms with Crippen molar-refractivity contribution in [3.8, 4) is 0 Å². The Bertz CT molecular complexity index is 1220. The van der Waals surface area contributed by atoms with Crippen molar-refractivity contribution < 1.29 is 45.9 Å². The van der Waals surface area contributed by atoms with E-state index < -0.39 is 62.6 Å². The number of aromatic nitrogens is 4. The number of halogens is 3. The lowest BCUT2D eigenvalue weighted by molar-refractivity contribution is -0.150. The summed E-state index contributed by atoms with van der Waals surface area (Å²) in [6, 6.07) is -1.30. The van der Waals surface area contributed by atoms with E-state index in [9.17, 15) is 45.9 Å². The number of aryl methyl sites for hydroxylation is 1. The molecule has 1 aromatic heterocycles. The molecule has 4 N–H and O–H groups in total. The van der Waals surface area contributed by atoms with Gasteiger partial charge in [-0.3, -0.25) is 19.3 Å². The Morgan fingerprint density at radius 1 is 1.31 bits per heavy atom. The smallest absolute Gasteiger partial charge is 0.402 e. The minimum Gasteiger partial charge on any atom is -0.477 e. The first-order chi connectivity index (χ1) is 16.7. The molecule has 3 amide bonds. The number of alkyl halides is 3. The maximum Gasteiger partial charge on any atom is 0.402 e. The van der Waals surface area contributed by atoms with Crippen molar-refractivity contribution >= 4 is 57.1 Å². The number of rotatable bonds is 11. The van der Waals surface area contributed by atoms with Gasteiger partial charge >= 0.3 is 12.1 Å². The van der Waals surface area contributed by atoms with E-state index in [0.717, 1.165) is 28.4 Å². The lowest BCUT2D eigenvalue weighted by Crippen LogP contribution is -2.71. The lowest BCUT2D eigenvalue weighted by atomic mass is 10.0. The topological polar surface area (TPSA) is 208 Å². The van der Waals surface area contributed by atoms with E-state index in [4.69, 9.17) is 5.73 Å². The molecular weight excluding hydrogens is 555 g/mol. The van der Waals surface area contributed by atoms with Crippen molar-refractivity contribution in [2.24, 2.45) is 5.73 Å². The van der Waals surface area contributed by atoms with Gasteiger partial charge in [-0.2, -0.15) is 13.2 Å². The predicted molar refractivity (Wildman–Crippen MR) is 117 cm³/mol. The molecule has 20 heteroatoms. The van der Waals surface area contributed by atoms with Gasteiger partial charge in [0.1, 0.15) is 28.6 Å². The maximum absolute atomic E-state index is 12.6. The number of fused-ring (bicyclic) bond motifs is 1. The molecule has 0 radical (unpaired) electrons. The van der Waals surface area contributed by atoms with Crippen LogP contribution in [0, 0.1) is 0 Å². The van der Waals surface area contributed by atoms with E-state index >= 15 is 0 Å². The average molecular weight is 574 g/mol.